The molecule has 0 aliphatic heterocycles. The molecule has 0 fully saturated rings. The van der Waals surface area contributed by atoms with Gasteiger partial charge in [-0.2, -0.15) is 0 Å². The molecular formula is C19H23FN2O3S. The highest BCUT2D eigenvalue weighted by Crippen LogP contribution is 2.14. The summed E-state index contributed by atoms with van der Waals surface area (Å²) in [5.74, 6) is -0.588. The van der Waals surface area contributed by atoms with Gasteiger partial charge in [0, 0.05) is 26.6 Å². The topological polar surface area (TPSA) is 66.5 Å². The van der Waals surface area contributed by atoms with Crippen molar-refractivity contribution in [2.75, 3.05) is 13.1 Å². The second kappa shape index (κ2) is 8.42. The highest BCUT2D eigenvalue weighted by molar-refractivity contribution is 7.89. The molecule has 0 heterocycles. The summed E-state index contributed by atoms with van der Waals surface area (Å²) in [6.07, 6.45) is 0. The molecular weight excluding hydrogens is 355 g/mol. The molecule has 0 unspecified atom stereocenters. The van der Waals surface area contributed by atoms with Gasteiger partial charge in [0.25, 0.3) is 0 Å². The lowest BCUT2D eigenvalue weighted by atomic mass is 10.1. The third-order valence-corrected chi connectivity index (χ3v) is 5.64. The Morgan fingerprint density at radius 1 is 1.12 bits per heavy atom. The van der Waals surface area contributed by atoms with Gasteiger partial charge in [0.1, 0.15) is 5.82 Å². The number of rotatable bonds is 7. The summed E-state index contributed by atoms with van der Waals surface area (Å²) in [5.41, 5.74) is 2.35. The number of carbonyl (C=O) groups is 1. The summed E-state index contributed by atoms with van der Waals surface area (Å²) in [5, 5.41) is 0. The van der Waals surface area contributed by atoms with E-state index in [0.717, 1.165) is 17.2 Å². The Balaban J connectivity index is 2.02. The lowest BCUT2D eigenvalue weighted by Gasteiger charge is -2.22. The van der Waals surface area contributed by atoms with Crippen molar-refractivity contribution >= 4 is 15.9 Å². The Bertz CT molecular complexity index is 897. The molecule has 0 radical (unpaired) electrons. The summed E-state index contributed by atoms with van der Waals surface area (Å²) >= 11 is 0. The van der Waals surface area contributed by atoms with E-state index in [4.69, 9.17) is 0 Å². The zero-order chi connectivity index (χ0) is 19.3. The number of nitrogens with zero attached hydrogens (tertiary/aromatic N) is 1. The Morgan fingerprint density at radius 2 is 1.81 bits per heavy atom. The van der Waals surface area contributed by atoms with E-state index in [1.165, 1.54) is 26.0 Å². The van der Waals surface area contributed by atoms with Crippen LogP contribution in [0, 0.1) is 19.7 Å². The maximum absolute atomic E-state index is 13.3. The maximum atomic E-state index is 13.3. The Hall–Kier alpha value is -2.25. The highest BCUT2D eigenvalue weighted by atomic mass is 32.2. The average molecular weight is 378 g/mol. The zero-order valence-electron chi connectivity index (χ0n) is 15.1. The van der Waals surface area contributed by atoms with Gasteiger partial charge in [0.15, 0.2) is 0 Å². The first-order chi connectivity index (χ1) is 12.2. The number of hydrogen-bond acceptors (Lipinski definition) is 3. The summed E-state index contributed by atoms with van der Waals surface area (Å²) in [4.78, 5) is 13.5. The third-order valence-electron chi connectivity index (χ3n) is 4.18. The van der Waals surface area contributed by atoms with E-state index in [9.17, 15) is 17.6 Å². The fraction of sp³-hybridized carbons (Fsp3) is 0.316. The Labute approximate surface area is 153 Å². The summed E-state index contributed by atoms with van der Waals surface area (Å²) in [7, 11) is -3.76. The molecule has 0 atom stereocenters. The van der Waals surface area contributed by atoms with E-state index in [1.807, 2.05) is 31.2 Å². The van der Waals surface area contributed by atoms with Crippen LogP contribution in [0.1, 0.15) is 23.6 Å². The third kappa shape index (κ3) is 5.12. The van der Waals surface area contributed by atoms with Gasteiger partial charge in [-0.25, -0.2) is 17.5 Å². The smallest absolute Gasteiger partial charge is 0.240 e. The molecule has 7 heteroatoms. The van der Waals surface area contributed by atoms with Crippen LogP contribution in [0.4, 0.5) is 4.39 Å². The van der Waals surface area contributed by atoms with Crippen molar-refractivity contribution in [1.29, 1.82) is 0 Å². The highest BCUT2D eigenvalue weighted by Gasteiger charge is 2.17. The SMILES string of the molecule is CC(=O)N(CCNS(=O)(=O)c1ccc(F)c(C)c1)Cc1ccccc1C. The van der Waals surface area contributed by atoms with Gasteiger partial charge in [-0.3, -0.25) is 4.79 Å². The fourth-order valence-electron chi connectivity index (χ4n) is 2.52. The molecule has 0 aromatic heterocycles. The molecule has 2 rings (SSSR count). The lowest BCUT2D eigenvalue weighted by Crippen LogP contribution is -2.37. The van der Waals surface area contributed by atoms with Gasteiger partial charge in [0.2, 0.25) is 15.9 Å². The normalized spacial score (nSPS) is 11.4. The first kappa shape index (κ1) is 20.1. The molecule has 0 saturated carbocycles. The minimum absolute atomic E-state index is 0.00433. The number of aryl methyl sites for hydroxylation is 2. The van der Waals surface area contributed by atoms with E-state index in [0.29, 0.717) is 6.54 Å². The van der Waals surface area contributed by atoms with Crippen LogP contribution < -0.4 is 4.72 Å². The minimum Gasteiger partial charge on any atom is -0.337 e. The second-order valence-corrected chi connectivity index (χ2v) is 7.94. The molecule has 0 bridgehead atoms. The summed E-state index contributed by atoms with van der Waals surface area (Å²) in [6, 6.07) is 11.4. The quantitative estimate of drug-likeness (QED) is 0.806. The number of sulfonamides is 1. The van der Waals surface area contributed by atoms with Crippen LogP contribution >= 0.6 is 0 Å². The van der Waals surface area contributed by atoms with Crippen LogP contribution in [0.15, 0.2) is 47.4 Å². The Kier molecular flexibility index (Phi) is 6.50. The van der Waals surface area contributed by atoms with Gasteiger partial charge in [-0.05, 0) is 48.7 Å². The van der Waals surface area contributed by atoms with Crippen molar-refractivity contribution in [2.45, 2.75) is 32.2 Å². The van der Waals surface area contributed by atoms with E-state index in [2.05, 4.69) is 4.72 Å². The number of nitrogens with one attached hydrogen (secondary N) is 1. The van der Waals surface area contributed by atoms with Crippen LogP contribution in [0.3, 0.4) is 0 Å². The van der Waals surface area contributed by atoms with E-state index in [1.54, 1.807) is 4.90 Å². The Morgan fingerprint density at radius 3 is 2.42 bits per heavy atom. The molecule has 1 N–H and O–H groups in total. The van der Waals surface area contributed by atoms with Crippen molar-refractivity contribution in [1.82, 2.24) is 9.62 Å². The van der Waals surface area contributed by atoms with Crippen LogP contribution in [-0.4, -0.2) is 32.3 Å². The van der Waals surface area contributed by atoms with E-state index < -0.39 is 15.8 Å². The van der Waals surface area contributed by atoms with E-state index >= 15 is 0 Å². The first-order valence-electron chi connectivity index (χ1n) is 8.26. The molecule has 0 aliphatic rings. The molecule has 5 nitrogen and oxygen atoms in total. The van der Waals surface area contributed by atoms with Crippen LogP contribution in [-0.2, 0) is 21.4 Å². The largest absolute Gasteiger partial charge is 0.337 e. The zero-order valence-corrected chi connectivity index (χ0v) is 15.9. The maximum Gasteiger partial charge on any atom is 0.240 e. The number of halogens is 1. The van der Waals surface area contributed by atoms with Crippen LogP contribution in [0.25, 0.3) is 0 Å². The fourth-order valence-corrected chi connectivity index (χ4v) is 3.63. The van der Waals surface area contributed by atoms with Crippen molar-refractivity contribution in [3.63, 3.8) is 0 Å². The average Bonchev–Trinajstić information content (AvgIpc) is 2.57. The second-order valence-electron chi connectivity index (χ2n) is 6.18. The van der Waals surface area contributed by atoms with E-state index in [-0.39, 0.29) is 29.5 Å². The molecule has 26 heavy (non-hydrogen) atoms. The first-order valence-corrected chi connectivity index (χ1v) is 9.75. The van der Waals surface area contributed by atoms with Gasteiger partial charge in [-0.1, -0.05) is 24.3 Å². The number of amides is 1. The molecule has 0 spiro atoms. The number of carbonyl (C=O) groups excluding carboxylic acids is 1. The van der Waals surface area contributed by atoms with Crippen LogP contribution in [0.5, 0.6) is 0 Å². The predicted octanol–water partition coefficient (Wildman–Crippen LogP) is 2.77. The van der Waals surface area contributed by atoms with Crippen molar-refractivity contribution < 1.29 is 17.6 Å². The monoisotopic (exact) mass is 378 g/mol. The molecule has 0 aliphatic carbocycles. The lowest BCUT2D eigenvalue weighted by molar-refractivity contribution is -0.129. The molecule has 2 aromatic rings. The van der Waals surface area contributed by atoms with Crippen molar-refractivity contribution in [2.24, 2.45) is 0 Å². The van der Waals surface area contributed by atoms with Crippen LogP contribution in [0.2, 0.25) is 0 Å². The summed E-state index contributed by atoms with van der Waals surface area (Å²) < 4.78 is 40.4. The summed E-state index contributed by atoms with van der Waals surface area (Å²) in [6.45, 7) is 5.66. The molecule has 140 valence electrons. The molecule has 1 amide bonds. The van der Waals surface area contributed by atoms with Gasteiger partial charge in [-0.15, -0.1) is 0 Å². The van der Waals surface area contributed by atoms with Gasteiger partial charge in [0.05, 0.1) is 4.90 Å². The number of benzene rings is 2. The van der Waals surface area contributed by atoms with Crippen molar-refractivity contribution in [3.05, 3.63) is 65.0 Å². The number of hydrogen-bond donors (Lipinski definition) is 1. The molecule has 2 aromatic carbocycles. The predicted molar refractivity (Wildman–Crippen MR) is 98.6 cm³/mol. The molecule has 0 saturated heterocycles. The minimum atomic E-state index is -3.76. The van der Waals surface area contributed by atoms with Gasteiger partial charge < -0.3 is 4.90 Å². The standard InChI is InChI=1S/C19H23FN2O3S/c1-14-6-4-5-7-17(14)13-22(16(3)23)11-10-21-26(24,25)18-8-9-19(20)15(2)12-18/h4-9,12,21H,10-11,13H2,1-3H3. The van der Waals surface area contributed by atoms with Crippen molar-refractivity contribution in [3.8, 4) is 0 Å². The van der Waals surface area contributed by atoms with Gasteiger partial charge >= 0.3 is 0 Å².